The number of benzene rings is 1. The molecule has 1 aromatic carbocycles. The van der Waals surface area contributed by atoms with Crippen molar-refractivity contribution in [3.8, 4) is 17.1 Å². The van der Waals surface area contributed by atoms with Crippen LogP contribution < -0.4 is 4.74 Å². The molecule has 0 saturated carbocycles. The van der Waals surface area contributed by atoms with Crippen LogP contribution in [0.15, 0.2) is 42.7 Å². The first-order valence-corrected chi connectivity index (χ1v) is 12.1. The van der Waals surface area contributed by atoms with Gasteiger partial charge >= 0.3 is 0 Å². The molecule has 3 aromatic rings. The second-order valence-corrected chi connectivity index (χ2v) is 10.3. The number of hydrogen-bond donors (Lipinski definition) is 1. The monoisotopic (exact) mass is 492 g/mol. The average Bonchev–Trinajstić information content (AvgIpc) is 2.76. The van der Waals surface area contributed by atoms with Crippen molar-refractivity contribution in [3.05, 3.63) is 48.3 Å². The largest absolute Gasteiger partial charge is 0.473 e. The predicted octanol–water partition coefficient (Wildman–Crippen LogP) is 2.07. The van der Waals surface area contributed by atoms with Crippen LogP contribution in [0, 0.1) is 0 Å². The zero-order chi connectivity index (χ0) is 22.9. The van der Waals surface area contributed by atoms with Gasteiger partial charge in [0.1, 0.15) is 12.7 Å². The topological polar surface area (TPSA) is 115 Å². The molecule has 33 heavy (non-hydrogen) atoms. The zero-order valence-electron chi connectivity index (χ0n) is 18.7. The van der Waals surface area contributed by atoms with Crippen LogP contribution in [-0.2, 0) is 20.4 Å². The molecule has 9 nitrogen and oxygen atoms in total. The lowest BCUT2D eigenvalue weighted by atomic mass is 9.96. The Hall–Kier alpha value is -2.31. The van der Waals surface area contributed by atoms with E-state index < -0.39 is 21.7 Å². The van der Waals surface area contributed by atoms with Gasteiger partial charge in [-0.15, -0.1) is 0 Å². The quantitative estimate of drug-likeness (QED) is 0.556. The highest BCUT2D eigenvalue weighted by Gasteiger charge is 2.27. The van der Waals surface area contributed by atoms with Crippen LogP contribution in [0.3, 0.4) is 0 Å². The molecule has 4 rings (SSSR count). The average molecular weight is 493 g/mol. The van der Waals surface area contributed by atoms with Crippen LogP contribution in [0.2, 0.25) is 0 Å². The highest BCUT2D eigenvalue weighted by Crippen LogP contribution is 2.29. The first kappa shape index (κ1) is 25.3. The number of rotatable bonds is 6. The van der Waals surface area contributed by atoms with Gasteiger partial charge in [0.05, 0.1) is 29.7 Å². The number of morpholine rings is 1. The normalized spacial score (nSPS) is 17.5. The van der Waals surface area contributed by atoms with Crippen LogP contribution in [-0.4, -0.2) is 71.4 Å². The van der Waals surface area contributed by atoms with Crippen molar-refractivity contribution in [2.24, 2.45) is 0 Å². The minimum absolute atomic E-state index is 0. The lowest BCUT2D eigenvalue weighted by molar-refractivity contribution is -0.0252. The molecular formula is C22H28N4O5S2. The van der Waals surface area contributed by atoms with Gasteiger partial charge in [0.25, 0.3) is 0 Å². The SMILES string of the molecule is CC(C)(O)c1ccc(-c2cc3nccnc3c(OC[C@@H]3CN(S(C)(=O)=O)CCO3)n2)cc1.S. The second kappa shape index (κ2) is 9.90. The summed E-state index contributed by atoms with van der Waals surface area (Å²) in [5, 5.41) is 10.2. The zero-order valence-corrected chi connectivity index (χ0v) is 20.5. The van der Waals surface area contributed by atoms with E-state index in [4.69, 9.17) is 9.47 Å². The Morgan fingerprint density at radius 2 is 1.91 bits per heavy atom. The van der Waals surface area contributed by atoms with Crippen molar-refractivity contribution >= 4 is 34.6 Å². The smallest absolute Gasteiger partial charge is 0.242 e. The number of sulfonamides is 1. The van der Waals surface area contributed by atoms with Crippen molar-refractivity contribution in [1.82, 2.24) is 19.3 Å². The molecule has 2 aromatic heterocycles. The minimum Gasteiger partial charge on any atom is -0.473 e. The molecule has 0 spiro atoms. The van der Waals surface area contributed by atoms with E-state index in [1.54, 1.807) is 26.2 Å². The fourth-order valence-corrected chi connectivity index (χ4v) is 4.35. The molecule has 0 aliphatic carbocycles. The number of hydrogen-bond acceptors (Lipinski definition) is 8. The van der Waals surface area contributed by atoms with E-state index in [1.807, 2.05) is 30.3 Å². The van der Waals surface area contributed by atoms with E-state index in [1.165, 1.54) is 10.6 Å². The van der Waals surface area contributed by atoms with E-state index in [2.05, 4.69) is 15.0 Å². The van der Waals surface area contributed by atoms with Gasteiger partial charge in [-0.2, -0.15) is 17.8 Å². The van der Waals surface area contributed by atoms with Crippen molar-refractivity contribution in [1.29, 1.82) is 0 Å². The summed E-state index contributed by atoms with van der Waals surface area (Å²) in [6.07, 6.45) is 3.94. The van der Waals surface area contributed by atoms with E-state index in [-0.39, 0.29) is 26.6 Å². The second-order valence-electron chi connectivity index (χ2n) is 8.30. The maximum atomic E-state index is 11.9. The number of aliphatic hydroxyl groups is 1. The van der Waals surface area contributed by atoms with E-state index >= 15 is 0 Å². The molecule has 0 unspecified atom stereocenters. The molecule has 0 amide bonds. The molecule has 1 atom stereocenters. The van der Waals surface area contributed by atoms with Crippen LogP contribution >= 0.6 is 13.5 Å². The number of aromatic nitrogens is 3. The Morgan fingerprint density at radius 3 is 2.58 bits per heavy atom. The van der Waals surface area contributed by atoms with Crippen LogP contribution in [0.1, 0.15) is 19.4 Å². The number of nitrogens with zero attached hydrogens (tertiary/aromatic N) is 4. The molecule has 0 bridgehead atoms. The predicted molar refractivity (Wildman–Crippen MR) is 130 cm³/mol. The Morgan fingerprint density at radius 1 is 1.21 bits per heavy atom. The minimum atomic E-state index is -3.29. The first-order chi connectivity index (χ1) is 15.1. The lowest BCUT2D eigenvalue weighted by Gasteiger charge is -2.30. The molecule has 0 radical (unpaired) electrons. The summed E-state index contributed by atoms with van der Waals surface area (Å²) >= 11 is 0. The van der Waals surface area contributed by atoms with Gasteiger partial charge in [-0.3, -0.25) is 4.98 Å². The third-order valence-electron chi connectivity index (χ3n) is 5.29. The van der Waals surface area contributed by atoms with Crippen molar-refractivity contribution in [2.75, 3.05) is 32.6 Å². The Kier molecular flexibility index (Phi) is 7.59. The summed E-state index contributed by atoms with van der Waals surface area (Å²) in [7, 11) is -3.29. The van der Waals surface area contributed by atoms with Gasteiger partial charge in [-0.05, 0) is 25.5 Å². The molecule has 178 valence electrons. The van der Waals surface area contributed by atoms with Crippen LogP contribution in [0.25, 0.3) is 22.3 Å². The third kappa shape index (κ3) is 5.98. The molecule has 11 heteroatoms. The van der Waals surface area contributed by atoms with Gasteiger partial charge in [0.15, 0.2) is 5.52 Å². The van der Waals surface area contributed by atoms with Crippen LogP contribution in [0.4, 0.5) is 0 Å². The highest BCUT2D eigenvalue weighted by molar-refractivity contribution is 7.88. The number of pyridine rings is 1. The highest BCUT2D eigenvalue weighted by atomic mass is 32.2. The Labute approximate surface area is 200 Å². The maximum Gasteiger partial charge on any atom is 0.242 e. The fraction of sp³-hybridized carbons (Fsp3) is 0.409. The van der Waals surface area contributed by atoms with Crippen molar-refractivity contribution in [2.45, 2.75) is 25.6 Å². The molecular weight excluding hydrogens is 464 g/mol. The Balaban J connectivity index is 0.00000306. The van der Waals surface area contributed by atoms with Gasteiger partial charge in [0, 0.05) is 31.0 Å². The van der Waals surface area contributed by atoms with Gasteiger partial charge in [-0.25, -0.2) is 18.4 Å². The lowest BCUT2D eigenvalue weighted by Crippen LogP contribution is -2.47. The Bertz CT molecular complexity index is 1210. The van der Waals surface area contributed by atoms with Crippen molar-refractivity contribution in [3.63, 3.8) is 0 Å². The van der Waals surface area contributed by atoms with Gasteiger partial charge in [0.2, 0.25) is 15.9 Å². The maximum absolute atomic E-state index is 11.9. The standard InChI is InChI=1S/C22H26N4O5S.H2S/c1-22(2,27)16-6-4-15(5-7-16)18-12-19-20(24-9-8-23-19)21(25-18)31-14-17-13-26(10-11-30-17)32(3,28)29;/h4-9,12,17,27H,10-11,13-14H2,1-3H3;1H2/t17-;/m0./s1. The van der Waals surface area contributed by atoms with E-state index in [0.29, 0.717) is 35.8 Å². The molecule has 1 aliphatic rings. The molecule has 3 heterocycles. The summed E-state index contributed by atoms with van der Waals surface area (Å²) in [4.78, 5) is 13.4. The van der Waals surface area contributed by atoms with E-state index in [9.17, 15) is 13.5 Å². The van der Waals surface area contributed by atoms with Gasteiger partial charge in [-0.1, -0.05) is 24.3 Å². The third-order valence-corrected chi connectivity index (χ3v) is 6.56. The number of fused-ring (bicyclic) bond motifs is 1. The summed E-state index contributed by atoms with van der Waals surface area (Å²) in [5.41, 5.74) is 2.49. The molecule has 1 fully saturated rings. The van der Waals surface area contributed by atoms with Crippen molar-refractivity contribution < 1.29 is 23.0 Å². The van der Waals surface area contributed by atoms with Crippen LogP contribution in [0.5, 0.6) is 5.88 Å². The number of ether oxygens (including phenoxy) is 2. The summed E-state index contributed by atoms with van der Waals surface area (Å²) in [6.45, 7) is 4.46. The molecule has 1 saturated heterocycles. The summed E-state index contributed by atoms with van der Waals surface area (Å²) < 4.78 is 36.7. The van der Waals surface area contributed by atoms with Gasteiger partial charge < -0.3 is 14.6 Å². The summed E-state index contributed by atoms with van der Waals surface area (Å²) in [5.74, 6) is 0.303. The fourth-order valence-electron chi connectivity index (χ4n) is 3.51. The molecule has 1 aliphatic heterocycles. The first-order valence-electron chi connectivity index (χ1n) is 10.3. The van der Waals surface area contributed by atoms with E-state index in [0.717, 1.165) is 11.1 Å². The molecule has 1 N–H and O–H groups in total. The summed E-state index contributed by atoms with van der Waals surface area (Å²) in [6, 6.07) is 9.31.